The summed E-state index contributed by atoms with van der Waals surface area (Å²) in [5.41, 5.74) is 3.95. The number of carbonyl (C=O) groups is 1. The zero-order valence-electron chi connectivity index (χ0n) is 19.3. The van der Waals surface area contributed by atoms with Gasteiger partial charge < -0.3 is 15.4 Å². The molecule has 2 aliphatic rings. The summed E-state index contributed by atoms with van der Waals surface area (Å²) in [5.74, 6) is -0.315. The van der Waals surface area contributed by atoms with E-state index >= 15 is 0 Å². The number of nitrogens with one attached hydrogen (secondary N) is 2. The fourth-order valence-electron chi connectivity index (χ4n) is 5.18. The number of esters is 1. The molecule has 0 fully saturated rings. The van der Waals surface area contributed by atoms with E-state index < -0.39 is 11.1 Å². The van der Waals surface area contributed by atoms with Gasteiger partial charge in [0.15, 0.2) is 5.60 Å². The maximum Gasteiger partial charge on any atom is 0.339 e. The van der Waals surface area contributed by atoms with E-state index in [1.165, 1.54) is 0 Å². The molecule has 0 saturated heterocycles. The lowest BCUT2D eigenvalue weighted by molar-refractivity contribution is 0.0104. The van der Waals surface area contributed by atoms with E-state index in [0.29, 0.717) is 17.0 Å². The van der Waals surface area contributed by atoms with Crippen molar-refractivity contribution in [2.45, 2.75) is 24.0 Å². The van der Waals surface area contributed by atoms with E-state index in [2.05, 4.69) is 34.9 Å². The number of carbonyl (C=O) groups excluding carboxylic acids is 1. The smallest absolute Gasteiger partial charge is 0.339 e. The average molecular weight is 471 g/mol. The summed E-state index contributed by atoms with van der Waals surface area (Å²) in [4.78, 5) is 13.3. The van der Waals surface area contributed by atoms with Gasteiger partial charge in [0.05, 0.1) is 11.1 Å². The van der Waals surface area contributed by atoms with Crippen molar-refractivity contribution in [3.8, 4) is 0 Å². The molecule has 0 amide bonds. The van der Waals surface area contributed by atoms with Gasteiger partial charge in [-0.05, 0) is 42.8 Å². The Bertz CT molecular complexity index is 1300. The SMILES string of the molecule is CNC1=CCC(NC)(c2cccc3c2C(Cc2ccccc2Cl)(c2ccccc2)OC3=O)C=C1. The first-order valence-corrected chi connectivity index (χ1v) is 11.8. The number of ether oxygens (including phenoxy) is 1. The highest BCUT2D eigenvalue weighted by Crippen LogP contribution is 2.50. The molecule has 0 aromatic heterocycles. The van der Waals surface area contributed by atoms with Crippen LogP contribution in [-0.4, -0.2) is 20.1 Å². The predicted octanol–water partition coefficient (Wildman–Crippen LogP) is 5.47. The van der Waals surface area contributed by atoms with Gasteiger partial charge >= 0.3 is 5.97 Å². The monoisotopic (exact) mass is 470 g/mol. The zero-order chi connectivity index (χ0) is 23.8. The largest absolute Gasteiger partial charge is 0.445 e. The molecule has 0 saturated carbocycles. The molecular weight excluding hydrogens is 444 g/mol. The van der Waals surface area contributed by atoms with Crippen molar-refractivity contribution in [3.63, 3.8) is 0 Å². The molecule has 2 unspecified atom stereocenters. The van der Waals surface area contributed by atoms with Crippen molar-refractivity contribution < 1.29 is 9.53 Å². The van der Waals surface area contributed by atoms with E-state index in [9.17, 15) is 4.79 Å². The number of rotatable bonds is 6. The second-order valence-corrected chi connectivity index (χ2v) is 9.15. The highest BCUT2D eigenvalue weighted by molar-refractivity contribution is 6.31. The van der Waals surface area contributed by atoms with E-state index in [1.54, 1.807) is 0 Å². The van der Waals surface area contributed by atoms with Gasteiger partial charge in [0.25, 0.3) is 0 Å². The third-order valence-corrected chi connectivity index (χ3v) is 7.37. The van der Waals surface area contributed by atoms with Crippen LogP contribution in [0.25, 0.3) is 0 Å². The van der Waals surface area contributed by atoms with Crippen molar-refractivity contribution in [1.82, 2.24) is 10.6 Å². The molecule has 5 heteroatoms. The van der Waals surface area contributed by atoms with E-state index in [0.717, 1.165) is 34.4 Å². The van der Waals surface area contributed by atoms with Crippen LogP contribution in [0, 0.1) is 0 Å². The Hall–Kier alpha value is -3.34. The van der Waals surface area contributed by atoms with Crippen LogP contribution in [0.4, 0.5) is 0 Å². The quantitative estimate of drug-likeness (QED) is 0.469. The average Bonchev–Trinajstić information content (AvgIpc) is 3.18. The number of cyclic esters (lactones) is 1. The topological polar surface area (TPSA) is 50.4 Å². The third-order valence-electron chi connectivity index (χ3n) is 7.00. The van der Waals surface area contributed by atoms with Gasteiger partial charge in [0.1, 0.15) is 0 Å². The Balaban J connectivity index is 1.77. The molecule has 1 heterocycles. The molecule has 0 spiro atoms. The van der Waals surface area contributed by atoms with Crippen molar-refractivity contribution >= 4 is 17.6 Å². The summed E-state index contributed by atoms with van der Waals surface area (Å²) in [6, 6.07) is 23.6. The van der Waals surface area contributed by atoms with Crippen LogP contribution in [0.5, 0.6) is 0 Å². The fourth-order valence-corrected chi connectivity index (χ4v) is 5.39. The van der Waals surface area contributed by atoms with Gasteiger partial charge in [-0.15, -0.1) is 0 Å². The van der Waals surface area contributed by atoms with Gasteiger partial charge in [-0.1, -0.05) is 84.4 Å². The molecule has 2 atom stereocenters. The number of hydrogen-bond donors (Lipinski definition) is 2. The number of hydrogen-bond acceptors (Lipinski definition) is 4. The van der Waals surface area contributed by atoms with Crippen molar-refractivity contribution in [1.29, 1.82) is 0 Å². The number of fused-ring (bicyclic) bond motifs is 1. The maximum atomic E-state index is 13.3. The summed E-state index contributed by atoms with van der Waals surface area (Å²) < 4.78 is 6.35. The molecule has 1 aliphatic carbocycles. The van der Waals surface area contributed by atoms with Crippen LogP contribution in [0.15, 0.2) is 96.7 Å². The van der Waals surface area contributed by atoms with E-state index in [4.69, 9.17) is 16.3 Å². The third kappa shape index (κ3) is 3.54. The molecule has 2 N–H and O–H groups in total. The number of halogens is 1. The first-order chi connectivity index (χ1) is 16.5. The minimum absolute atomic E-state index is 0.315. The van der Waals surface area contributed by atoms with Crippen LogP contribution in [0.2, 0.25) is 5.02 Å². The molecule has 34 heavy (non-hydrogen) atoms. The van der Waals surface area contributed by atoms with Crippen LogP contribution >= 0.6 is 11.6 Å². The molecule has 1 aliphatic heterocycles. The second kappa shape index (κ2) is 8.79. The first kappa shape index (κ1) is 22.5. The van der Waals surface area contributed by atoms with Crippen molar-refractivity contribution in [3.05, 3.63) is 130 Å². The van der Waals surface area contributed by atoms with Gasteiger partial charge in [-0.3, -0.25) is 0 Å². The molecular formula is C29H27ClN2O2. The Morgan fingerprint density at radius 1 is 0.971 bits per heavy atom. The molecule has 3 aromatic carbocycles. The number of allylic oxidation sites excluding steroid dienone is 1. The second-order valence-electron chi connectivity index (χ2n) is 8.75. The highest BCUT2D eigenvalue weighted by atomic mass is 35.5. The lowest BCUT2D eigenvalue weighted by atomic mass is 9.72. The van der Waals surface area contributed by atoms with Gasteiger partial charge in [-0.2, -0.15) is 0 Å². The molecule has 172 valence electrons. The molecule has 4 nitrogen and oxygen atoms in total. The normalized spacial score (nSPS) is 23.3. The summed E-state index contributed by atoms with van der Waals surface area (Å²) >= 11 is 6.61. The summed E-state index contributed by atoms with van der Waals surface area (Å²) in [6.45, 7) is 0. The Labute approximate surface area is 205 Å². The molecule has 5 rings (SSSR count). The number of likely N-dealkylation sites (N-methyl/N-ethyl adjacent to an activating group) is 2. The van der Waals surface area contributed by atoms with Gasteiger partial charge in [-0.25, -0.2) is 4.79 Å². The number of benzene rings is 3. The zero-order valence-corrected chi connectivity index (χ0v) is 20.0. The first-order valence-electron chi connectivity index (χ1n) is 11.5. The summed E-state index contributed by atoms with van der Waals surface area (Å²) in [6.07, 6.45) is 7.59. The van der Waals surface area contributed by atoms with Gasteiger partial charge in [0.2, 0.25) is 0 Å². The van der Waals surface area contributed by atoms with Crippen molar-refractivity contribution in [2.75, 3.05) is 14.1 Å². The Morgan fingerprint density at radius 3 is 2.41 bits per heavy atom. The maximum absolute atomic E-state index is 13.3. The predicted molar refractivity (Wildman–Crippen MR) is 136 cm³/mol. The summed E-state index contributed by atoms with van der Waals surface area (Å²) in [5, 5.41) is 7.40. The lowest BCUT2D eigenvalue weighted by Crippen LogP contribution is -2.42. The molecule has 0 radical (unpaired) electrons. The lowest BCUT2D eigenvalue weighted by Gasteiger charge is -2.38. The van der Waals surface area contributed by atoms with E-state index in [-0.39, 0.29) is 5.97 Å². The Morgan fingerprint density at radius 2 is 1.74 bits per heavy atom. The van der Waals surface area contributed by atoms with Crippen LogP contribution < -0.4 is 10.6 Å². The standard InChI is InChI=1S/C29H27ClN2O2/c1-31-22-15-17-28(32-2,18-16-22)24-13-8-12-23-26(24)29(34-27(23)33,21-10-4-3-5-11-21)19-20-9-6-7-14-25(20)30/h3-17,31-32H,18-19H2,1-2H3. The van der Waals surface area contributed by atoms with Crippen molar-refractivity contribution in [2.24, 2.45) is 0 Å². The highest BCUT2D eigenvalue weighted by Gasteiger charge is 2.51. The Kier molecular flexibility index (Phi) is 5.80. The van der Waals surface area contributed by atoms with Crippen LogP contribution in [-0.2, 0) is 22.3 Å². The fraction of sp³-hybridized carbons (Fsp3) is 0.207. The van der Waals surface area contributed by atoms with Crippen LogP contribution in [0.3, 0.4) is 0 Å². The molecule has 0 bridgehead atoms. The van der Waals surface area contributed by atoms with Gasteiger partial charge in [0, 0.05) is 35.3 Å². The minimum atomic E-state index is -1.00. The minimum Gasteiger partial charge on any atom is -0.445 e. The summed E-state index contributed by atoms with van der Waals surface area (Å²) in [7, 11) is 3.87. The van der Waals surface area contributed by atoms with Crippen LogP contribution in [0.1, 0.15) is 39.0 Å². The molecule has 3 aromatic rings. The van der Waals surface area contributed by atoms with E-state index in [1.807, 2.05) is 80.8 Å².